The van der Waals surface area contributed by atoms with Gasteiger partial charge in [0.05, 0.1) is 17.6 Å². The van der Waals surface area contributed by atoms with Gasteiger partial charge in [0.15, 0.2) is 0 Å². The van der Waals surface area contributed by atoms with E-state index in [0.717, 1.165) is 0 Å². The number of hydrogen-bond acceptors (Lipinski definition) is 2. The summed E-state index contributed by atoms with van der Waals surface area (Å²) in [5.41, 5.74) is 7.21. The van der Waals surface area contributed by atoms with Crippen molar-refractivity contribution in [1.82, 2.24) is 0 Å². The summed E-state index contributed by atoms with van der Waals surface area (Å²) in [6, 6.07) is 6.05. The molecule has 0 fully saturated rings. The van der Waals surface area contributed by atoms with Crippen LogP contribution in [-0.2, 0) is 0 Å². The van der Waals surface area contributed by atoms with Gasteiger partial charge in [-0.25, -0.2) is 8.78 Å². The molecule has 2 aromatic carbocycles. The van der Waals surface area contributed by atoms with E-state index < -0.39 is 17.7 Å². The number of ether oxygens (including phenoxy) is 1. The lowest BCUT2D eigenvalue weighted by Crippen LogP contribution is -2.14. The topological polar surface area (TPSA) is 35.2 Å². The first kappa shape index (κ1) is 15.2. The molecule has 0 saturated carbocycles. The summed E-state index contributed by atoms with van der Waals surface area (Å²) in [5, 5.41) is 0.208. The van der Waals surface area contributed by atoms with Gasteiger partial charge in [-0.2, -0.15) is 0 Å². The summed E-state index contributed by atoms with van der Waals surface area (Å²) in [7, 11) is 1.42. The maximum atomic E-state index is 13.5. The van der Waals surface area contributed by atoms with E-state index in [4.69, 9.17) is 22.1 Å². The minimum atomic E-state index is -0.657. The van der Waals surface area contributed by atoms with Gasteiger partial charge in [0.1, 0.15) is 17.4 Å². The van der Waals surface area contributed by atoms with Crippen LogP contribution in [0, 0.1) is 11.6 Å². The van der Waals surface area contributed by atoms with E-state index in [1.54, 1.807) is 0 Å². The third-order valence-electron chi connectivity index (χ3n) is 2.91. The summed E-state index contributed by atoms with van der Waals surface area (Å²) < 4.78 is 32.0. The Kier molecular flexibility index (Phi) is 4.62. The van der Waals surface area contributed by atoms with Gasteiger partial charge in [0.2, 0.25) is 0 Å². The summed E-state index contributed by atoms with van der Waals surface area (Å²) >= 11 is 9.10. The van der Waals surface area contributed by atoms with E-state index in [2.05, 4.69) is 15.9 Å². The average Bonchev–Trinajstić information content (AvgIpc) is 2.40. The van der Waals surface area contributed by atoms with Crippen LogP contribution in [0.4, 0.5) is 8.78 Å². The first-order chi connectivity index (χ1) is 9.43. The van der Waals surface area contributed by atoms with Crippen LogP contribution < -0.4 is 10.5 Å². The van der Waals surface area contributed by atoms with Crippen molar-refractivity contribution >= 4 is 27.5 Å². The van der Waals surface area contributed by atoms with E-state index in [9.17, 15) is 8.78 Å². The fraction of sp³-hybridized carbons (Fsp3) is 0.143. The minimum Gasteiger partial charge on any atom is -0.496 e. The summed E-state index contributed by atoms with van der Waals surface area (Å²) in [6.07, 6.45) is 0. The van der Waals surface area contributed by atoms with Gasteiger partial charge in [-0.15, -0.1) is 0 Å². The van der Waals surface area contributed by atoms with Crippen LogP contribution in [0.15, 0.2) is 34.8 Å². The molecule has 0 heterocycles. The van der Waals surface area contributed by atoms with Crippen LogP contribution in [0.3, 0.4) is 0 Å². The predicted octanol–water partition coefficient (Wildman–Crippen LogP) is 4.44. The summed E-state index contributed by atoms with van der Waals surface area (Å²) in [6.45, 7) is 0. The van der Waals surface area contributed by atoms with Gasteiger partial charge in [0.25, 0.3) is 0 Å². The van der Waals surface area contributed by atoms with E-state index >= 15 is 0 Å². The van der Waals surface area contributed by atoms with Crippen molar-refractivity contribution in [2.24, 2.45) is 5.73 Å². The minimum absolute atomic E-state index is 0.208. The van der Waals surface area contributed by atoms with Crippen LogP contribution in [0.2, 0.25) is 5.02 Å². The number of rotatable bonds is 3. The smallest absolute Gasteiger partial charge is 0.141 e. The van der Waals surface area contributed by atoms with Crippen molar-refractivity contribution in [1.29, 1.82) is 0 Å². The van der Waals surface area contributed by atoms with Crippen molar-refractivity contribution < 1.29 is 13.5 Å². The van der Waals surface area contributed by atoms with Gasteiger partial charge in [-0.3, -0.25) is 0 Å². The number of methoxy groups -OCH3 is 1. The van der Waals surface area contributed by atoms with Crippen LogP contribution >= 0.6 is 27.5 Å². The fourth-order valence-electron chi connectivity index (χ4n) is 1.89. The molecule has 0 bridgehead atoms. The van der Waals surface area contributed by atoms with Gasteiger partial charge in [-0.1, -0.05) is 17.7 Å². The molecule has 20 heavy (non-hydrogen) atoms. The Labute approximate surface area is 128 Å². The molecule has 0 aliphatic heterocycles. The normalized spacial score (nSPS) is 12.3. The Hall–Kier alpha value is -1.17. The number of hydrogen-bond donors (Lipinski definition) is 1. The zero-order valence-corrected chi connectivity index (χ0v) is 12.8. The zero-order valence-electron chi connectivity index (χ0n) is 10.5. The molecular weight excluding hydrogens is 352 g/mol. The SMILES string of the molecule is COc1cc(F)c(Br)cc1C(N)c1ccc(F)cc1Cl. The fourth-order valence-corrected chi connectivity index (χ4v) is 2.53. The van der Waals surface area contributed by atoms with E-state index in [-0.39, 0.29) is 9.50 Å². The Morgan fingerprint density at radius 1 is 1.20 bits per heavy atom. The molecule has 0 spiro atoms. The third-order valence-corrected chi connectivity index (χ3v) is 3.84. The van der Waals surface area contributed by atoms with Crippen molar-refractivity contribution in [3.8, 4) is 5.75 Å². The molecule has 0 aliphatic carbocycles. The lowest BCUT2D eigenvalue weighted by atomic mass is 9.98. The third kappa shape index (κ3) is 2.95. The number of benzene rings is 2. The molecular formula is C14H11BrClF2NO. The Morgan fingerprint density at radius 2 is 1.90 bits per heavy atom. The second-order valence-corrected chi connectivity index (χ2v) is 5.41. The van der Waals surface area contributed by atoms with Gasteiger partial charge in [0, 0.05) is 16.7 Å². The molecule has 2 N–H and O–H groups in total. The van der Waals surface area contributed by atoms with Crippen LogP contribution in [0.25, 0.3) is 0 Å². The highest BCUT2D eigenvalue weighted by Gasteiger charge is 2.19. The van der Waals surface area contributed by atoms with Crippen LogP contribution in [-0.4, -0.2) is 7.11 Å². The lowest BCUT2D eigenvalue weighted by molar-refractivity contribution is 0.404. The molecule has 0 aromatic heterocycles. The summed E-state index contributed by atoms with van der Waals surface area (Å²) in [5.74, 6) is -0.597. The lowest BCUT2D eigenvalue weighted by Gasteiger charge is -2.18. The van der Waals surface area contributed by atoms with E-state index in [1.807, 2.05) is 0 Å². The molecule has 2 rings (SSSR count). The van der Waals surface area contributed by atoms with Crippen molar-refractivity contribution in [2.45, 2.75) is 6.04 Å². The van der Waals surface area contributed by atoms with E-state index in [0.29, 0.717) is 16.9 Å². The van der Waals surface area contributed by atoms with Crippen LogP contribution in [0.5, 0.6) is 5.75 Å². The second kappa shape index (κ2) is 6.08. The van der Waals surface area contributed by atoms with E-state index in [1.165, 1.54) is 37.4 Å². The molecule has 0 amide bonds. The Bertz CT molecular complexity index is 651. The van der Waals surface area contributed by atoms with Crippen molar-refractivity contribution in [3.63, 3.8) is 0 Å². The molecule has 1 unspecified atom stereocenters. The standard InChI is InChI=1S/C14H11BrClF2NO/c1-20-13-6-12(18)10(15)5-9(13)14(19)8-3-2-7(17)4-11(8)16/h2-6,14H,19H2,1H3. The molecule has 2 aromatic rings. The van der Waals surface area contributed by atoms with Gasteiger partial charge in [-0.05, 0) is 39.7 Å². The molecule has 6 heteroatoms. The largest absolute Gasteiger partial charge is 0.496 e. The molecule has 106 valence electrons. The molecule has 2 nitrogen and oxygen atoms in total. The zero-order chi connectivity index (χ0) is 14.9. The highest BCUT2D eigenvalue weighted by Crippen LogP contribution is 2.35. The Morgan fingerprint density at radius 3 is 2.50 bits per heavy atom. The van der Waals surface area contributed by atoms with Gasteiger partial charge < -0.3 is 10.5 Å². The molecule has 0 saturated heterocycles. The monoisotopic (exact) mass is 361 g/mol. The van der Waals surface area contributed by atoms with Crippen molar-refractivity contribution in [2.75, 3.05) is 7.11 Å². The quantitative estimate of drug-likeness (QED) is 0.876. The maximum Gasteiger partial charge on any atom is 0.141 e. The molecule has 1 atom stereocenters. The average molecular weight is 363 g/mol. The number of nitrogens with two attached hydrogens (primary N) is 1. The molecule has 0 aliphatic rings. The van der Waals surface area contributed by atoms with Crippen molar-refractivity contribution in [3.05, 3.63) is 62.6 Å². The number of halogens is 4. The highest BCUT2D eigenvalue weighted by atomic mass is 79.9. The van der Waals surface area contributed by atoms with Gasteiger partial charge >= 0.3 is 0 Å². The highest BCUT2D eigenvalue weighted by molar-refractivity contribution is 9.10. The Balaban J connectivity index is 2.52. The predicted molar refractivity (Wildman–Crippen MR) is 78.1 cm³/mol. The molecule has 0 radical (unpaired) electrons. The maximum absolute atomic E-state index is 13.5. The second-order valence-electron chi connectivity index (χ2n) is 4.15. The first-order valence-electron chi connectivity index (χ1n) is 5.67. The summed E-state index contributed by atoms with van der Waals surface area (Å²) in [4.78, 5) is 0. The first-order valence-corrected chi connectivity index (χ1v) is 6.84. The van der Waals surface area contributed by atoms with Crippen LogP contribution in [0.1, 0.15) is 17.2 Å².